The van der Waals surface area contributed by atoms with Crippen molar-refractivity contribution < 1.29 is 26.8 Å². The molecule has 4 aromatic carbocycles. The number of rotatable bonds is 8. The van der Waals surface area contributed by atoms with Crippen LogP contribution in [0.2, 0.25) is 0 Å². The van der Waals surface area contributed by atoms with Crippen molar-refractivity contribution in [3.05, 3.63) is 151 Å². The molecular formula is C36H32O2Zr. The van der Waals surface area contributed by atoms with Gasteiger partial charge in [-0.15, -0.1) is 0 Å². The van der Waals surface area contributed by atoms with E-state index in [2.05, 4.69) is 135 Å². The van der Waals surface area contributed by atoms with Crippen molar-refractivity contribution in [3.63, 3.8) is 0 Å². The van der Waals surface area contributed by atoms with Gasteiger partial charge in [0.15, 0.2) is 0 Å². The van der Waals surface area contributed by atoms with Gasteiger partial charge in [-0.2, -0.15) is 0 Å². The summed E-state index contributed by atoms with van der Waals surface area (Å²) in [6.07, 6.45) is 10.7. The second kappa shape index (κ2) is 11.2. The van der Waals surface area contributed by atoms with Crippen molar-refractivity contribution in [2.75, 3.05) is 0 Å². The molecule has 3 heteroatoms. The van der Waals surface area contributed by atoms with Crippen molar-refractivity contribution >= 4 is 0 Å². The van der Waals surface area contributed by atoms with Crippen molar-refractivity contribution in [2.45, 2.75) is 26.7 Å². The van der Waals surface area contributed by atoms with E-state index in [-0.39, 0.29) is 0 Å². The van der Waals surface area contributed by atoms with Gasteiger partial charge >= 0.3 is 238 Å². The van der Waals surface area contributed by atoms with E-state index in [4.69, 9.17) is 5.63 Å². The molecule has 2 aliphatic rings. The maximum absolute atomic E-state index is 7.31. The van der Waals surface area contributed by atoms with E-state index in [9.17, 15) is 0 Å². The number of hydrogen-bond donors (Lipinski definition) is 0. The van der Waals surface area contributed by atoms with Crippen LogP contribution in [0.3, 0.4) is 0 Å². The third-order valence-electron chi connectivity index (χ3n) is 7.53. The molecule has 0 fully saturated rings. The number of allylic oxidation sites excluding steroid dienone is 8. The molecule has 0 heterocycles. The van der Waals surface area contributed by atoms with E-state index in [1.807, 2.05) is 12.1 Å². The molecule has 0 aliphatic heterocycles. The molecule has 0 saturated carbocycles. The molecule has 0 amide bonds. The topological polar surface area (TPSA) is 18.5 Å². The summed E-state index contributed by atoms with van der Waals surface area (Å²) in [7, 11) is 0. The molecule has 6 rings (SSSR count). The molecule has 0 saturated heterocycles. The summed E-state index contributed by atoms with van der Waals surface area (Å²) < 4.78 is 17.3. The molecule has 0 aromatic heterocycles. The van der Waals surface area contributed by atoms with Gasteiger partial charge in [-0.25, -0.2) is 0 Å². The number of hydrogen-bond acceptors (Lipinski definition) is 2. The molecule has 39 heavy (non-hydrogen) atoms. The Kier molecular flexibility index (Phi) is 7.35. The molecule has 0 N–H and O–H groups in total. The molecule has 0 bridgehead atoms. The maximum atomic E-state index is 7.31. The van der Waals surface area contributed by atoms with Crippen LogP contribution in [0.4, 0.5) is 0 Å². The average Bonchev–Trinajstić information content (AvgIpc) is 3.62. The first-order chi connectivity index (χ1) is 19.1. The molecule has 0 spiro atoms. The van der Waals surface area contributed by atoms with Gasteiger partial charge in [-0.3, -0.25) is 0 Å². The summed E-state index contributed by atoms with van der Waals surface area (Å²) in [6, 6.07) is 37.9. The molecule has 4 aromatic rings. The van der Waals surface area contributed by atoms with Crippen LogP contribution in [0, 0.1) is 0 Å². The summed E-state index contributed by atoms with van der Waals surface area (Å²) in [5.74, 6) is 1.73. The van der Waals surface area contributed by atoms with Crippen LogP contribution >= 0.6 is 0 Å². The van der Waals surface area contributed by atoms with Crippen LogP contribution in [-0.4, -0.2) is 0 Å². The van der Waals surface area contributed by atoms with E-state index >= 15 is 0 Å². The summed E-state index contributed by atoms with van der Waals surface area (Å²) in [6.45, 7) is 4.41. The fraction of sp³-hybridized carbons (Fsp3) is 0.111. The van der Waals surface area contributed by atoms with Gasteiger partial charge in [0, 0.05) is 0 Å². The van der Waals surface area contributed by atoms with Gasteiger partial charge in [0.1, 0.15) is 0 Å². The van der Waals surface area contributed by atoms with Crippen molar-refractivity contribution in [1.82, 2.24) is 0 Å². The van der Waals surface area contributed by atoms with Gasteiger partial charge in [-0.05, 0) is 0 Å². The van der Waals surface area contributed by atoms with Gasteiger partial charge in [0.25, 0.3) is 0 Å². The van der Waals surface area contributed by atoms with Crippen LogP contribution in [-0.2, 0) is 21.1 Å². The molecular weight excluding hydrogens is 556 g/mol. The first kappa shape index (κ1) is 25.6. The van der Waals surface area contributed by atoms with Crippen LogP contribution < -0.4 is 5.63 Å². The summed E-state index contributed by atoms with van der Waals surface area (Å²) in [4.78, 5) is 0. The van der Waals surface area contributed by atoms with Gasteiger partial charge in [-0.1, -0.05) is 0 Å². The molecule has 0 unspecified atom stereocenters. The quantitative estimate of drug-likeness (QED) is 0.204. The van der Waals surface area contributed by atoms with Crippen LogP contribution in [0.25, 0.3) is 22.3 Å². The zero-order valence-electron chi connectivity index (χ0n) is 22.4. The Balaban J connectivity index is 1.48. The predicted octanol–water partition coefficient (Wildman–Crippen LogP) is 9.93. The Morgan fingerprint density at radius 1 is 0.487 bits per heavy atom. The van der Waals surface area contributed by atoms with Crippen molar-refractivity contribution in [3.8, 4) is 33.8 Å². The molecule has 2 aliphatic carbocycles. The van der Waals surface area contributed by atoms with E-state index in [0.717, 1.165) is 35.5 Å². The first-order valence-electron chi connectivity index (χ1n) is 13.5. The van der Waals surface area contributed by atoms with Gasteiger partial charge in [0.05, 0.1) is 0 Å². The zero-order chi connectivity index (χ0) is 26.7. The van der Waals surface area contributed by atoms with Gasteiger partial charge < -0.3 is 0 Å². The molecule has 0 radical (unpaired) electrons. The summed E-state index contributed by atoms with van der Waals surface area (Å²) >= 11 is -4.21. The van der Waals surface area contributed by atoms with Crippen LogP contribution in [0.5, 0.6) is 11.5 Å². The summed E-state index contributed by atoms with van der Waals surface area (Å²) in [5.41, 5.74) is 7.19. The Labute approximate surface area is 237 Å². The van der Waals surface area contributed by atoms with E-state index < -0.39 is 21.1 Å². The van der Waals surface area contributed by atoms with Crippen molar-refractivity contribution in [1.29, 1.82) is 0 Å². The predicted molar refractivity (Wildman–Crippen MR) is 158 cm³/mol. The fourth-order valence-electron chi connectivity index (χ4n) is 5.54. The van der Waals surface area contributed by atoms with Crippen LogP contribution in [0.1, 0.15) is 26.7 Å². The summed E-state index contributed by atoms with van der Waals surface area (Å²) in [5, 5.41) is 0. The van der Waals surface area contributed by atoms with Gasteiger partial charge in [0.2, 0.25) is 0 Å². The zero-order valence-corrected chi connectivity index (χ0v) is 24.9. The average molecular weight is 588 g/mol. The Bertz CT molecular complexity index is 1490. The molecule has 192 valence electrons. The normalized spacial score (nSPS) is 14.8. The Morgan fingerprint density at radius 2 is 0.897 bits per heavy atom. The van der Waals surface area contributed by atoms with E-state index in [0.29, 0.717) is 0 Å². The minimum atomic E-state index is -4.21. The standard InChI is InChI=1S/2C12H10O.2C6H7.Zr/c2*13-12-8-4-7-11(9-12)10-5-2-1-3-6-10;2*1-6-4-2-3-5-6;/h2*1-9,13H;2*2,4H,3H2,1H3;/q;;;;+2/p-2. The molecule has 2 nitrogen and oxygen atoms in total. The van der Waals surface area contributed by atoms with E-state index in [1.54, 1.807) is 0 Å². The van der Waals surface area contributed by atoms with Crippen molar-refractivity contribution in [2.24, 2.45) is 0 Å². The molecule has 0 atom stereocenters. The second-order valence-corrected chi connectivity index (χ2v) is 17.1. The third-order valence-corrected chi connectivity index (χ3v) is 17.0. The minimum absolute atomic E-state index is 0.866. The fourth-order valence-corrected chi connectivity index (χ4v) is 14.9. The monoisotopic (exact) mass is 586 g/mol. The number of benzene rings is 4. The Hall–Kier alpha value is -3.68. The first-order valence-corrected chi connectivity index (χ1v) is 18.0. The third kappa shape index (κ3) is 5.29. The van der Waals surface area contributed by atoms with Crippen LogP contribution in [0.15, 0.2) is 151 Å². The second-order valence-electron chi connectivity index (χ2n) is 10.1. The SMILES string of the molecule is CC1=[C]([Zr]([O]c2cccc(-c3ccccc3)c2)([O]c2cccc(-c3ccccc3)c2)[C]2=C(C)C=CC2)CC=C1. The Morgan fingerprint density at radius 3 is 1.28 bits per heavy atom. The van der Waals surface area contributed by atoms with E-state index in [1.165, 1.54) is 28.8 Å².